The quantitative estimate of drug-likeness (QED) is 0.521. The van der Waals surface area contributed by atoms with Crippen molar-refractivity contribution in [3.63, 3.8) is 0 Å². The van der Waals surface area contributed by atoms with Gasteiger partial charge in [-0.15, -0.1) is 0 Å². The number of sulfonamides is 1. The maximum Gasteiger partial charge on any atom is 0.242 e. The minimum Gasteiger partial charge on any atom is -0.496 e. The summed E-state index contributed by atoms with van der Waals surface area (Å²) in [5.41, 5.74) is 1.29. The third-order valence-corrected chi connectivity index (χ3v) is 6.58. The zero-order valence-electron chi connectivity index (χ0n) is 18.2. The Morgan fingerprint density at radius 2 is 1.59 bits per heavy atom. The molecule has 3 rings (SSSR count). The van der Waals surface area contributed by atoms with E-state index in [9.17, 15) is 13.2 Å². The maximum absolute atomic E-state index is 12.4. The number of aryl methyl sites for hydroxylation is 1. The molecule has 0 unspecified atom stereocenters. The zero-order valence-corrected chi connectivity index (χ0v) is 19.1. The number of hydrogen-bond donors (Lipinski definition) is 1. The lowest BCUT2D eigenvalue weighted by Crippen LogP contribution is -2.22. The Balaban J connectivity index is 1.62. The van der Waals surface area contributed by atoms with E-state index in [0.717, 1.165) is 10.1 Å². The van der Waals surface area contributed by atoms with E-state index < -0.39 is 10.0 Å². The predicted molar refractivity (Wildman–Crippen MR) is 124 cm³/mol. The van der Waals surface area contributed by atoms with Crippen molar-refractivity contribution in [3.8, 4) is 17.2 Å². The van der Waals surface area contributed by atoms with Gasteiger partial charge in [-0.1, -0.05) is 18.2 Å². The molecule has 0 radical (unpaired) electrons. The molecule has 0 bridgehead atoms. The molecule has 0 saturated carbocycles. The first-order valence-corrected chi connectivity index (χ1v) is 11.5. The minimum absolute atomic E-state index is 0.160. The van der Waals surface area contributed by atoms with Gasteiger partial charge in [-0.05, 0) is 66.6 Å². The van der Waals surface area contributed by atoms with Gasteiger partial charge in [-0.25, -0.2) is 12.7 Å². The summed E-state index contributed by atoms with van der Waals surface area (Å²) in [6.07, 6.45) is 0.505. The number of anilines is 1. The van der Waals surface area contributed by atoms with Crippen molar-refractivity contribution in [2.75, 3.05) is 26.5 Å². The fraction of sp³-hybridized carbons (Fsp3) is 0.208. The van der Waals surface area contributed by atoms with Crippen LogP contribution < -0.4 is 14.8 Å². The molecule has 0 spiro atoms. The summed E-state index contributed by atoms with van der Waals surface area (Å²) in [5, 5.41) is 2.84. The SMILES string of the molecule is COc1ccc(S(=O)(=O)N(C)C)cc1CCC(=O)Nc1ccc(Oc2ccccc2)cc1. The van der Waals surface area contributed by atoms with Crippen LogP contribution in [-0.4, -0.2) is 39.8 Å². The van der Waals surface area contributed by atoms with Gasteiger partial charge < -0.3 is 14.8 Å². The summed E-state index contributed by atoms with van der Waals surface area (Å²) in [4.78, 5) is 12.6. The molecule has 1 N–H and O–H groups in total. The molecule has 0 fully saturated rings. The Morgan fingerprint density at radius 1 is 0.938 bits per heavy atom. The third-order valence-electron chi connectivity index (χ3n) is 4.77. The van der Waals surface area contributed by atoms with Crippen molar-refractivity contribution < 1.29 is 22.7 Å². The van der Waals surface area contributed by atoms with E-state index in [0.29, 0.717) is 29.2 Å². The Bertz CT molecular complexity index is 1160. The summed E-state index contributed by atoms with van der Waals surface area (Å²) >= 11 is 0. The van der Waals surface area contributed by atoms with Crippen molar-refractivity contribution in [3.05, 3.63) is 78.4 Å². The summed E-state index contributed by atoms with van der Waals surface area (Å²) in [6, 6.07) is 21.2. The fourth-order valence-corrected chi connectivity index (χ4v) is 3.98. The van der Waals surface area contributed by atoms with Gasteiger partial charge in [0.05, 0.1) is 12.0 Å². The van der Waals surface area contributed by atoms with Gasteiger partial charge >= 0.3 is 0 Å². The first-order chi connectivity index (χ1) is 15.3. The molecule has 168 valence electrons. The lowest BCUT2D eigenvalue weighted by Gasteiger charge is -2.14. The molecule has 0 heterocycles. The van der Waals surface area contributed by atoms with Crippen LogP contribution in [0.4, 0.5) is 5.69 Å². The number of benzene rings is 3. The predicted octanol–water partition coefficient (Wildman–Crippen LogP) is 4.31. The molecule has 0 aromatic heterocycles. The largest absolute Gasteiger partial charge is 0.496 e. The van der Waals surface area contributed by atoms with Crippen molar-refractivity contribution in [1.29, 1.82) is 0 Å². The van der Waals surface area contributed by atoms with Gasteiger partial charge in [0.25, 0.3) is 0 Å². The average molecular weight is 455 g/mol. The van der Waals surface area contributed by atoms with Crippen LogP contribution in [0.2, 0.25) is 0 Å². The Morgan fingerprint density at radius 3 is 2.22 bits per heavy atom. The number of rotatable bonds is 9. The second kappa shape index (κ2) is 10.3. The van der Waals surface area contributed by atoms with Gasteiger partial charge in [0, 0.05) is 26.2 Å². The molecule has 0 aliphatic carbocycles. The Kier molecular flexibility index (Phi) is 7.50. The van der Waals surface area contributed by atoms with Crippen molar-refractivity contribution in [1.82, 2.24) is 4.31 Å². The lowest BCUT2D eigenvalue weighted by atomic mass is 10.1. The highest BCUT2D eigenvalue weighted by atomic mass is 32.2. The number of nitrogens with one attached hydrogen (secondary N) is 1. The number of carbonyl (C=O) groups is 1. The topological polar surface area (TPSA) is 84.9 Å². The molecule has 0 aliphatic heterocycles. The Hall–Kier alpha value is -3.36. The summed E-state index contributed by atoms with van der Waals surface area (Å²) in [7, 11) is 0.889. The van der Waals surface area contributed by atoms with Crippen LogP contribution in [0.1, 0.15) is 12.0 Å². The highest BCUT2D eigenvalue weighted by Crippen LogP contribution is 2.26. The number of amides is 1. The van der Waals surface area contributed by atoms with Crippen molar-refractivity contribution >= 4 is 21.6 Å². The standard InChI is InChI=1S/C24H26N2O5S/c1-26(2)32(28,29)22-14-15-23(30-3)18(17-22)9-16-24(27)25-19-10-12-21(13-11-19)31-20-7-5-4-6-8-20/h4-8,10-15,17H,9,16H2,1-3H3,(H,25,27). The number of nitrogens with zero attached hydrogens (tertiary/aromatic N) is 1. The number of methoxy groups -OCH3 is 1. The second-order valence-corrected chi connectivity index (χ2v) is 9.40. The van der Waals surface area contributed by atoms with Gasteiger partial charge in [0.1, 0.15) is 17.2 Å². The van der Waals surface area contributed by atoms with Gasteiger partial charge in [0.2, 0.25) is 15.9 Å². The number of ether oxygens (including phenoxy) is 2. The van der Waals surface area contributed by atoms with Gasteiger partial charge in [0.15, 0.2) is 0 Å². The molecule has 0 aliphatic rings. The van der Waals surface area contributed by atoms with E-state index in [2.05, 4.69) is 5.32 Å². The van der Waals surface area contributed by atoms with Crippen molar-refractivity contribution in [2.45, 2.75) is 17.7 Å². The van der Waals surface area contributed by atoms with E-state index in [1.54, 1.807) is 36.4 Å². The van der Waals surface area contributed by atoms with E-state index >= 15 is 0 Å². The van der Waals surface area contributed by atoms with Crippen LogP contribution in [0.3, 0.4) is 0 Å². The van der Waals surface area contributed by atoms with Crippen LogP contribution in [0.5, 0.6) is 17.2 Å². The Labute approximate surface area is 188 Å². The first kappa shape index (κ1) is 23.3. The van der Waals surface area contributed by atoms with Crippen LogP contribution in [0, 0.1) is 0 Å². The van der Waals surface area contributed by atoms with Crippen LogP contribution >= 0.6 is 0 Å². The van der Waals surface area contributed by atoms with Gasteiger partial charge in [-0.2, -0.15) is 0 Å². The summed E-state index contributed by atoms with van der Waals surface area (Å²) < 4.78 is 37.0. The maximum atomic E-state index is 12.4. The van der Waals surface area contributed by atoms with Gasteiger partial charge in [-0.3, -0.25) is 4.79 Å². The third kappa shape index (κ3) is 5.87. The van der Waals surface area contributed by atoms with E-state index in [1.165, 1.54) is 27.3 Å². The zero-order chi connectivity index (χ0) is 23.1. The fourth-order valence-electron chi connectivity index (χ4n) is 3.02. The van der Waals surface area contributed by atoms with Crippen molar-refractivity contribution in [2.24, 2.45) is 0 Å². The normalized spacial score (nSPS) is 11.2. The molecule has 7 nitrogen and oxygen atoms in total. The smallest absolute Gasteiger partial charge is 0.242 e. The highest BCUT2D eigenvalue weighted by molar-refractivity contribution is 7.89. The molecule has 3 aromatic carbocycles. The van der Waals surface area contributed by atoms with Crippen LogP contribution in [0.15, 0.2) is 77.7 Å². The van der Waals surface area contributed by atoms with E-state index in [-0.39, 0.29) is 17.2 Å². The minimum atomic E-state index is -3.57. The molecule has 1 amide bonds. The second-order valence-electron chi connectivity index (χ2n) is 7.25. The molecule has 32 heavy (non-hydrogen) atoms. The van der Waals surface area contributed by atoms with E-state index in [1.807, 2.05) is 30.3 Å². The molecule has 3 aromatic rings. The molecular formula is C24H26N2O5S. The average Bonchev–Trinajstić information content (AvgIpc) is 2.79. The van der Waals surface area contributed by atoms with Crippen LogP contribution in [0.25, 0.3) is 0 Å². The van der Waals surface area contributed by atoms with Crippen LogP contribution in [-0.2, 0) is 21.2 Å². The van der Waals surface area contributed by atoms with E-state index in [4.69, 9.17) is 9.47 Å². The number of para-hydroxylation sites is 1. The summed E-state index contributed by atoms with van der Waals surface area (Å²) in [6.45, 7) is 0. The summed E-state index contributed by atoms with van der Waals surface area (Å²) in [5.74, 6) is 1.75. The first-order valence-electron chi connectivity index (χ1n) is 10.0. The molecule has 8 heteroatoms. The number of hydrogen-bond acceptors (Lipinski definition) is 5. The highest BCUT2D eigenvalue weighted by Gasteiger charge is 2.19. The monoisotopic (exact) mass is 454 g/mol. The molecule has 0 atom stereocenters. The number of carbonyl (C=O) groups excluding carboxylic acids is 1. The molecular weight excluding hydrogens is 428 g/mol. The molecule has 0 saturated heterocycles. The lowest BCUT2D eigenvalue weighted by molar-refractivity contribution is -0.116.